The third kappa shape index (κ3) is 4.14. The third-order valence-electron chi connectivity index (χ3n) is 3.32. The lowest BCUT2D eigenvalue weighted by Gasteiger charge is -2.22. The number of carbonyl (C=O) groups excluding carboxylic acids is 1. The number of piperidine rings is 1. The van der Waals surface area contributed by atoms with E-state index in [2.05, 4.69) is 15.7 Å². The number of aromatic nitrogens is 2. The van der Waals surface area contributed by atoms with Crippen LogP contribution in [-0.2, 0) is 18.3 Å². The fourth-order valence-electron chi connectivity index (χ4n) is 2.32. The largest absolute Gasteiger partial charge is 0.356 e. The van der Waals surface area contributed by atoms with Crippen LogP contribution in [0, 0.1) is 0 Å². The summed E-state index contributed by atoms with van der Waals surface area (Å²) in [5.41, 5.74) is 1.02. The lowest BCUT2D eigenvalue weighted by atomic mass is 10.0. The average Bonchev–Trinajstić information content (AvgIpc) is 2.76. The summed E-state index contributed by atoms with van der Waals surface area (Å²) in [5.74, 6) is 0.144. The number of rotatable bonds is 5. The Morgan fingerprint density at radius 3 is 3.17 bits per heavy atom. The molecule has 0 radical (unpaired) electrons. The smallest absolute Gasteiger partial charge is 0.221 e. The maximum atomic E-state index is 11.7. The first-order valence-electron chi connectivity index (χ1n) is 6.72. The predicted molar refractivity (Wildman–Crippen MR) is 70.2 cm³/mol. The van der Waals surface area contributed by atoms with Gasteiger partial charge in [0.15, 0.2) is 0 Å². The van der Waals surface area contributed by atoms with Crippen molar-refractivity contribution in [1.82, 2.24) is 20.4 Å². The number of hydrogen-bond acceptors (Lipinski definition) is 3. The van der Waals surface area contributed by atoms with Crippen LogP contribution >= 0.6 is 0 Å². The molecule has 1 fully saturated rings. The topological polar surface area (TPSA) is 59.0 Å². The molecule has 18 heavy (non-hydrogen) atoms. The van der Waals surface area contributed by atoms with Crippen LogP contribution in [0.15, 0.2) is 12.3 Å². The predicted octanol–water partition coefficient (Wildman–Crippen LogP) is 0.611. The Morgan fingerprint density at radius 1 is 1.61 bits per heavy atom. The highest BCUT2D eigenvalue weighted by molar-refractivity contribution is 5.76. The van der Waals surface area contributed by atoms with Gasteiger partial charge >= 0.3 is 0 Å². The first-order chi connectivity index (χ1) is 8.74. The van der Waals surface area contributed by atoms with Crippen molar-refractivity contribution in [3.8, 4) is 0 Å². The van der Waals surface area contributed by atoms with E-state index in [1.165, 1.54) is 12.8 Å². The summed E-state index contributed by atoms with van der Waals surface area (Å²) in [6.07, 6.45) is 6.90. The van der Waals surface area contributed by atoms with Crippen molar-refractivity contribution in [1.29, 1.82) is 0 Å². The quantitative estimate of drug-likeness (QED) is 0.805. The highest BCUT2D eigenvalue weighted by Crippen LogP contribution is 2.09. The lowest BCUT2D eigenvalue weighted by molar-refractivity contribution is -0.121. The number of nitrogens with one attached hydrogen (secondary N) is 2. The summed E-state index contributed by atoms with van der Waals surface area (Å²) in [4.78, 5) is 11.7. The van der Waals surface area contributed by atoms with Crippen molar-refractivity contribution >= 4 is 5.91 Å². The Morgan fingerprint density at radius 2 is 2.50 bits per heavy atom. The second kappa shape index (κ2) is 6.54. The van der Waals surface area contributed by atoms with Crippen molar-refractivity contribution in [2.75, 3.05) is 13.1 Å². The second-order valence-corrected chi connectivity index (χ2v) is 4.93. The Hall–Kier alpha value is -1.36. The minimum atomic E-state index is 0.144. The van der Waals surface area contributed by atoms with E-state index in [-0.39, 0.29) is 5.91 Å². The van der Waals surface area contributed by atoms with Gasteiger partial charge in [0.2, 0.25) is 5.91 Å². The van der Waals surface area contributed by atoms with Gasteiger partial charge in [-0.2, -0.15) is 5.10 Å². The molecule has 1 aliphatic rings. The first-order valence-corrected chi connectivity index (χ1v) is 6.72. The molecule has 2 N–H and O–H groups in total. The molecular weight excluding hydrogens is 228 g/mol. The van der Waals surface area contributed by atoms with Crippen LogP contribution in [0.2, 0.25) is 0 Å². The normalized spacial score (nSPS) is 19.7. The summed E-state index contributed by atoms with van der Waals surface area (Å²) >= 11 is 0. The highest BCUT2D eigenvalue weighted by atomic mass is 16.1. The second-order valence-electron chi connectivity index (χ2n) is 4.93. The molecular formula is C13H22N4O. The molecule has 5 heteroatoms. The van der Waals surface area contributed by atoms with E-state index >= 15 is 0 Å². The van der Waals surface area contributed by atoms with E-state index < -0.39 is 0 Å². The number of hydrogen-bond donors (Lipinski definition) is 2. The molecule has 2 heterocycles. The Kier molecular flexibility index (Phi) is 4.75. The van der Waals surface area contributed by atoms with Crippen LogP contribution in [0.3, 0.4) is 0 Å². The molecule has 1 unspecified atom stereocenters. The first kappa shape index (κ1) is 13.1. The van der Waals surface area contributed by atoms with Crippen LogP contribution in [-0.4, -0.2) is 34.8 Å². The summed E-state index contributed by atoms with van der Waals surface area (Å²) < 4.78 is 1.78. The van der Waals surface area contributed by atoms with Crippen LogP contribution < -0.4 is 10.6 Å². The molecule has 100 valence electrons. The maximum Gasteiger partial charge on any atom is 0.221 e. The number of nitrogens with zero attached hydrogens (tertiary/aromatic N) is 2. The standard InChI is InChI=1S/C13H22N4O/c1-17-9-6-11(16-17)5-8-15-13(18)10-12-4-2-3-7-14-12/h6,9,12,14H,2-5,7-8,10H2,1H3,(H,15,18). The van der Waals surface area contributed by atoms with Crippen molar-refractivity contribution < 1.29 is 4.79 Å². The van der Waals surface area contributed by atoms with Crippen molar-refractivity contribution in [2.24, 2.45) is 7.05 Å². The van der Waals surface area contributed by atoms with Gasteiger partial charge in [0.25, 0.3) is 0 Å². The van der Waals surface area contributed by atoms with Gasteiger partial charge in [-0.05, 0) is 25.5 Å². The third-order valence-corrected chi connectivity index (χ3v) is 3.32. The maximum absolute atomic E-state index is 11.7. The highest BCUT2D eigenvalue weighted by Gasteiger charge is 2.15. The Balaban J connectivity index is 1.62. The zero-order valence-electron chi connectivity index (χ0n) is 11.0. The van der Waals surface area contributed by atoms with Crippen LogP contribution in [0.5, 0.6) is 0 Å². The minimum Gasteiger partial charge on any atom is -0.356 e. The number of aryl methyl sites for hydroxylation is 1. The van der Waals surface area contributed by atoms with E-state index in [0.29, 0.717) is 19.0 Å². The fourth-order valence-corrected chi connectivity index (χ4v) is 2.32. The van der Waals surface area contributed by atoms with Gasteiger partial charge in [0.05, 0.1) is 5.69 Å². The zero-order chi connectivity index (χ0) is 12.8. The van der Waals surface area contributed by atoms with Crippen LogP contribution in [0.1, 0.15) is 31.4 Å². The molecule has 1 atom stereocenters. The van der Waals surface area contributed by atoms with Crippen LogP contribution in [0.25, 0.3) is 0 Å². The minimum absolute atomic E-state index is 0.144. The van der Waals surface area contributed by atoms with E-state index in [1.807, 2.05) is 19.3 Å². The van der Waals surface area contributed by atoms with Crippen molar-refractivity contribution in [3.05, 3.63) is 18.0 Å². The number of amides is 1. The molecule has 1 aromatic rings. The summed E-state index contributed by atoms with van der Waals surface area (Å²) in [7, 11) is 1.90. The van der Waals surface area contributed by atoms with Crippen LogP contribution in [0.4, 0.5) is 0 Å². The Labute approximate surface area is 108 Å². The van der Waals surface area contributed by atoms with Gasteiger partial charge in [-0.3, -0.25) is 9.48 Å². The van der Waals surface area contributed by atoms with E-state index in [0.717, 1.165) is 25.1 Å². The molecule has 1 aliphatic heterocycles. The zero-order valence-corrected chi connectivity index (χ0v) is 11.0. The van der Waals surface area contributed by atoms with Gasteiger partial charge in [-0.15, -0.1) is 0 Å². The van der Waals surface area contributed by atoms with Gasteiger partial charge in [-0.1, -0.05) is 6.42 Å². The molecule has 0 aliphatic carbocycles. The number of carbonyl (C=O) groups is 1. The van der Waals surface area contributed by atoms with Gasteiger partial charge in [0, 0.05) is 38.7 Å². The van der Waals surface area contributed by atoms with E-state index in [4.69, 9.17) is 0 Å². The molecule has 1 saturated heterocycles. The monoisotopic (exact) mass is 250 g/mol. The molecule has 1 amide bonds. The summed E-state index contributed by atoms with van der Waals surface area (Å²) in [6.45, 7) is 1.72. The van der Waals surface area contributed by atoms with E-state index in [1.54, 1.807) is 4.68 Å². The fraction of sp³-hybridized carbons (Fsp3) is 0.692. The van der Waals surface area contributed by atoms with Gasteiger partial charge < -0.3 is 10.6 Å². The average molecular weight is 250 g/mol. The molecule has 0 bridgehead atoms. The molecule has 2 rings (SSSR count). The summed E-state index contributed by atoms with van der Waals surface area (Å²) in [5, 5.41) is 10.6. The molecule has 1 aromatic heterocycles. The molecule has 0 spiro atoms. The van der Waals surface area contributed by atoms with Gasteiger partial charge in [-0.25, -0.2) is 0 Å². The Bertz CT molecular complexity index is 382. The van der Waals surface area contributed by atoms with Crippen molar-refractivity contribution in [3.63, 3.8) is 0 Å². The van der Waals surface area contributed by atoms with Gasteiger partial charge in [0.1, 0.15) is 0 Å². The van der Waals surface area contributed by atoms with E-state index in [9.17, 15) is 4.79 Å². The summed E-state index contributed by atoms with van der Waals surface area (Å²) in [6, 6.07) is 2.35. The molecule has 0 aromatic carbocycles. The molecule has 5 nitrogen and oxygen atoms in total. The van der Waals surface area contributed by atoms with Crippen molar-refractivity contribution in [2.45, 2.75) is 38.1 Å². The molecule has 0 saturated carbocycles. The lowest BCUT2D eigenvalue weighted by Crippen LogP contribution is -2.39. The SMILES string of the molecule is Cn1ccc(CCNC(=O)CC2CCCCN2)n1.